The average molecular weight is 506 g/mol. The van der Waals surface area contributed by atoms with Crippen LogP contribution >= 0.6 is 27.7 Å². The van der Waals surface area contributed by atoms with Crippen molar-refractivity contribution in [1.29, 1.82) is 0 Å². The number of aliphatic imine (C=N–C) groups is 1. The molecule has 9 heteroatoms. The first kappa shape index (κ1) is 23.3. The minimum Gasteiger partial charge on any atom is -0.494 e. The SMILES string of the molecule is COCCCN1C(=O)[C@@H](CC(=O)Nc2ccc(Br)cc2)SC1=Nc1ccccc1OC. The second-order valence-electron chi connectivity index (χ2n) is 6.77. The number of amides is 2. The zero-order valence-corrected chi connectivity index (χ0v) is 19.7. The first-order valence-electron chi connectivity index (χ1n) is 9.76. The molecule has 0 aromatic heterocycles. The van der Waals surface area contributed by atoms with Gasteiger partial charge >= 0.3 is 0 Å². The van der Waals surface area contributed by atoms with Crippen molar-refractivity contribution in [3.05, 3.63) is 53.0 Å². The number of benzene rings is 2. The van der Waals surface area contributed by atoms with Crippen LogP contribution in [0.3, 0.4) is 0 Å². The van der Waals surface area contributed by atoms with Crippen LogP contribution in [-0.4, -0.2) is 54.5 Å². The maximum atomic E-state index is 13.1. The summed E-state index contributed by atoms with van der Waals surface area (Å²) >= 11 is 4.67. The van der Waals surface area contributed by atoms with Crippen LogP contribution in [-0.2, 0) is 14.3 Å². The normalized spacial score (nSPS) is 17.3. The van der Waals surface area contributed by atoms with E-state index in [2.05, 4.69) is 26.2 Å². The summed E-state index contributed by atoms with van der Waals surface area (Å²) in [4.78, 5) is 31.9. The van der Waals surface area contributed by atoms with Gasteiger partial charge in [0.05, 0.1) is 7.11 Å². The Kier molecular flexibility index (Phi) is 8.51. The van der Waals surface area contributed by atoms with Crippen molar-refractivity contribution in [2.24, 2.45) is 4.99 Å². The summed E-state index contributed by atoms with van der Waals surface area (Å²) in [7, 11) is 3.21. The molecule has 0 spiro atoms. The molecule has 7 nitrogen and oxygen atoms in total. The Hall–Kier alpha value is -2.36. The molecule has 0 saturated carbocycles. The smallest absolute Gasteiger partial charge is 0.242 e. The molecule has 2 amide bonds. The van der Waals surface area contributed by atoms with Crippen LogP contribution in [0, 0.1) is 0 Å². The van der Waals surface area contributed by atoms with E-state index in [0.717, 1.165) is 4.47 Å². The van der Waals surface area contributed by atoms with Gasteiger partial charge in [-0.25, -0.2) is 4.99 Å². The van der Waals surface area contributed by atoms with Gasteiger partial charge in [0.1, 0.15) is 16.7 Å². The number of amidine groups is 1. The molecule has 164 valence electrons. The minimum absolute atomic E-state index is 0.0608. The van der Waals surface area contributed by atoms with E-state index in [-0.39, 0.29) is 18.2 Å². The zero-order valence-electron chi connectivity index (χ0n) is 17.3. The highest BCUT2D eigenvalue weighted by Gasteiger charge is 2.39. The number of hydrogen-bond acceptors (Lipinski definition) is 6. The molecule has 1 aliphatic rings. The fourth-order valence-corrected chi connectivity index (χ4v) is 4.48. The fraction of sp³-hybridized carbons (Fsp3) is 0.318. The number of hydrogen-bond donors (Lipinski definition) is 1. The lowest BCUT2D eigenvalue weighted by Crippen LogP contribution is -2.34. The summed E-state index contributed by atoms with van der Waals surface area (Å²) in [5, 5.41) is 2.87. The van der Waals surface area contributed by atoms with E-state index in [4.69, 9.17) is 9.47 Å². The summed E-state index contributed by atoms with van der Waals surface area (Å²) in [6.45, 7) is 1.00. The Morgan fingerprint density at radius 3 is 2.65 bits per heavy atom. The lowest BCUT2D eigenvalue weighted by Gasteiger charge is -2.16. The van der Waals surface area contributed by atoms with Crippen LogP contribution < -0.4 is 10.1 Å². The molecule has 31 heavy (non-hydrogen) atoms. The standard InChI is InChI=1S/C22H24BrN3O4S/c1-29-13-5-12-26-21(28)19(14-20(27)24-16-10-8-15(23)9-11-16)31-22(26)25-17-6-3-4-7-18(17)30-2/h3-4,6-11,19H,5,12-14H2,1-2H3,(H,24,27)/t19-/m1/s1. The average Bonchev–Trinajstić information content (AvgIpc) is 3.04. The van der Waals surface area contributed by atoms with E-state index in [9.17, 15) is 9.59 Å². The fourth-order valence-electron chi connectivity index (χ4n) is 3.04. The van der Waals surface area contributed by atoms with Crippen LogP contribution in [0.2, 0.25) is 0 Å². The van der Waals surface area contributed by atoms with Crippen LogP contribution in [0.4, 0.5) is 11.4 Å². The zero-order chi connectivity index (χ0) is 22.2. The third kappa shape index (κ3) is 6.32. The summed E-state index contributed by atoms with van der Waals surface area (Å²) in [5.74, 6) is 0.278. The van der Waals surface area contributed by atoms with Gasteiger partial charge in [0.15, 0.2) is 5.17 Å². The molecule has 0 unspecified atom stereocenters. The molecular weight excluding hydrogens is 482 g/mol. The lowest BCUT2D eigenvalue weighted by atomic mass is 10.2. The molecular formula is C22H24BrN3O4S. The molecule has 1 atom stereocenters. The summed E-state index contributed by atoms with van der Waals surface area (Å²) in [6.07, 6.45) is 0.733. The van der Waals surface area contributed by atoms with Gasteiger partial charge in [-0.2, -0.15) is 0 Å². The van der Waals surface area contributed by atoms with Crippen molar-refractivity contribution in [2.75, 3.05) is 32.7 Å². The summed E-state index contributed by atoms with van der Waals surface area (Å²) in [6, 6.07) is 14.7. The highest BCUT2D eigenvalue weighted by molar-refractivity contribution is 9.10. The van der Waals surface area contributed by atoms with Gasteiger partial charge < -0.3 is 14.8 Å². The Morgan fingerprint density at radius 2 is 1.94 bits per heavy atom. The number of thioether (sulfide) groups is 1. The van der Waals surface area contributed by atoms with Gasteiger partial charge in [-0.05, 0) is 42.8 Å². The predicted molar refractivity (Wildman–Crippen MR) is 127 cm³/mol. The van der Waals surface area contributed by atoms with Crippen molar-refractivity contribution in [3.63, 3.8) is 0 Å². The molecule has 3 rings (SSSR count). The monoisotopic (exact) mass is 505 g/mol. The van der Waals surface area contributed by atoms with Crippen molar-refractivity contribution < 1.29 is 19.1 Å². The Bertz CT molecular complexity index is 952. The highest BCUT2D eigenvalue weighted by atomic mass is 79.9. The van der Waals surface area contributed by atoms with E-state index in [1.165, 1.54) is 11.8 Å². The molecule has 2 aromatic carbocycles. The second-order valence-corrected chi connectivity index (χ2v) is 8.85. The van der Waals surface area contributed by atoms with Gasteiger partial charge in [0.25, 0.3) is 0 Å². The number of carbonyl (C=O) groups is 2. The third-order valence-corrected chi connectivity index (χ3v) is 6.25. The molecule has 1 saturated heterocycles. The van der Waals surface area contributed by atoms with Gasteiger partial charge in [-0.15, -0.1) is 0 Å². The van der Waals surface area contributed by atoms with E-state index in [0.29, 0.717) is 41.9 Å². The molecule has 1 heterocycles. The number of rotatable bonds is 9. The quantitative estimate of drug-likeness (QED) is 0.509. The van der Waals surface area contributed by atoms with E-state index >= 15 is 0 Å². The Balaban J connectivity index is 1.75. The molecule has 0 radical (unpaired) electrons. The molecule has 0 aliphatic carbocycles. The molecule has 1 aliphatic heterocycles. The molecule has 1 N–H and O–H groups in total. The van der Waals surface area contributed by atoms with Gasteiger partial charge in [0, 0.05) is 36.8 Å². The molecule has 0 bridgehead atoms. The molecule has 2 aromatic rings. The summed E-state index contributed by atoms with van der Waals surface area (Å²) < 4.78 is 11.4. The summed E-state index contributed by atoms with van der Waals surface area (Å²) in [5.41, 5.74) is 1.32. The largest absolute Gasteiger partial charge is 0.494 e. The number of nitrogens with zero attached hydrogens (tertiary/aromatic N) is 2. The maximum absolute atomic E-state index is 13.1. The first-order valence-corrected chi connectivity index (χ1v) is 11.4. The predicted octanol–water partition coefficient (Wildman–Crippen LogP) is 4.45. The van der Waals surface area contributed by atoms with E-state index in [1.807, 2.05) is 36.4 Å². The van der Waals surface area contributed by atoms with E-state index in [1.54, 1.807) is 31.3 Å². The third-order valence-electron chi connectivity index (χ3n) is 4.55. The second kappa shape index (κ2) is 11.3. The lowest BCUT2D eigenvalue weighted by molar-refractivity contribution is -0.128. The first-order chi connectivity index (χ1) is 15.0. The number of methoxy groups -OCH3 is 2. The molecule has 1 fully saturated rings. The van der Waals surface area contributed by atoms with Crippen LogP contribution in [0.15, 0.2) is 58.0 Å². The Morgan fingerprint density at radius 1 is 1.19 bits per heavy atom. The van der Waals surface area contributed by atoms with Crippen LogP contribution in [0.1, 0.15) is 12.8 Å². The van der Waals surface area contributed by atoms with Crippen LogP contribution in [0.25, 0.3) is 0 Å². The topological polar surface area (TPSA) is 80.2 Å². The number of para-hydroxylation sites is 2. The van der Waals surface area contributed by atoms with Gasteiger partial charge in [0.2, 0.25) is 11.8 Å². The van der Waals surface area contributed by atoms with Crippen molar-refractivity contribution >= 4 is 56.0 Å². The van der Waals surface area contributed by atoms with E-state index < -0.39 is 5.25 Å². The number of halogens is 1. The van der Waals surface area contributed by atoms with Crippen molar-refractivity contribution in [3.8, 4) is 5.75 Å². The number of ether oxygens (including phenoxy) is 2. The van der Waals surface area contributed by atoms with Crippen molar-refractivity contribution in [2.45, 2.75) is 18.1 Å². The van der Waals surface area contributed by atoms with Gasteiger partial charge in [-0.3, -0.25) is 14.5 Å². The number of carbonyl (C=O) groups excluding carboxylic acids is 2. The Labute approximate surface area is 194 Å². The van der Waals surface area contributed by atoms with Crippen LogP contribution in [0.5, 0.6) is 5.75 Å². The minimum atomic E-state index is -0.536. The highest BCUT2D eigenvalue weighted by Crippen LogP contribution is 2.34. The maximum Gasteiger partial charge on any atom is 0.242 e. The number of nitrogens with one attached hydrogen (secondary N) is 1. The van der Waals surface area contributed by atoms with Gasteiger partial charge in [-0.1, -0.05) is 39.8 Å². The number of anilines is 1. The van der Waals surface area contributed by atoms with Crippen molar-refractivity contribution in [1.82, 2.24) is 4.90 Å².